The molecule has 0 spiro atoms. The summed E-state index contributed by atoms with van der Waals surface area (Å²) in [6.07, 6.45) is 5.36. The van der Waals surface area contributed by atoms with E-state index in [4.69, 9.17) is 4.42 Å². The fraction of sp³-hybridized carbons (Fsp3) is 0.333. The fourth-order valence-corrected chi connectivity index (χ4v) is 4.31. The number of aromatic nitrogens is 4. The van der Waals surface area contributed by atoms with Crippen molar-refractivity contribution >= 4 is 17.0 Å². The van der Waals surface area contributed by atoms with E-state index < -0.39 is 0 Å². The van der Waals surface area contributed by atoms with Gasteiger partial charge in [0.25, 0.3) is 0 Å². The topological polar surface area (TPSA) is 85.8 Å². The summed E-state index contributed by atoms with van der Waals surface area (Å²) in [4.78, 5) is 16.9. The van der Waals surface area contributed by atoms with E-state index in [9.17, 15) is 4.79 Å². The number of carbonyl (C=O) groups excluding carboxylic acids is 1. The van der Waals surface area contributed by atoms with E-state index in [2.05, 4.69) is 27.5 Å². The highest BCUT2D eigenvalue weighted by molar-refractivity contribution is 5.79. The zero-order valence-electron chi connectivity index (χ0n) is 17.5. The van der Waals surface area contributed by atoms with E-state index >= 15 is 0 Å². The van der Waals surface area contributed by atoms with Crippen molar-refractivity contribution in [1.82, 2.24) is 25.3 Å². The van der Waals surface area contributed by atoms with Crippen LogP contribution < -0.4 is 5.32 Å². The van der Waals surface area contributed by atoms with Crippen molar-refractivity contribution < 1.29 is 9.21 Å². The predicted octanol–water partition coefficient (Wildman–Crippen LogP) is 4.62. The van der Waals surface area contributed by atoms with Crippen LogP contribution in [0.2, 0.25) is 0 Å². The number of carbonyl (C=O) groups is 1. The van der Waals surface area contributed by atoms with Crippen molar-refractivity contribution in [2.24, 2.45) is 5.92 Å². The van der Waals surface area contributed by atoms with Crippen LogP contribution in [0.15, 0.2) is 59.1 Å². The first-order valence-electron chi connectivity index (χ1n) is 10.9. The lowest BCUT2D eigenvalue weighted by Crippen LogP contribution is -2.30. The molecule has 2 atom stereocenters. The second-order valence-corrected chi connectivity index (χ2v) is 8.08. The second kappa shape index (κ2) is 8.34. The number of hydrogen-bond acceptors (Lipinski definition) is 5. The van der Waals surface area contributed by atoms with Crippen molar-refractivity contribution in [3.05, 3.63) is 54.7 Å². The average molecular weight is 415 g/mol. The van der Waals surface area contributed by atoms with Crippen LogP contribution in [0.3, 0.4) is 0 Å². The molecule has 2 aromatic heterocycles. The number of para-hydroxylation sites is 2. The van der Waals surface area contributed by atoms with Crippen LogP contribution in [0.25, 0.3) is 33.8 Å². The van der Waals surface area contributed by atoms with Crippen LogP contribution in [0.4, 0.5) is 0 Å². The molecule has 4 aromatic rings. The molecule has 0 saturated heterocycles. The summed E-state index contributed by atoms with van der Waals surface area (Å²) < 4.78 is 7.85. The maximum Gasteiger partial charge on any atom is 0.227 e. The van der Waals surface area contributed by atoms with E-state index in [1.165, 1.54) is 0 Å². The van der Waals surface area contributed by atoms with Crippen LogP contribution in [0.5, 0.6) is 0 Å². The summed E-state index contributed by atoms with van der Waals surface area (Å²) in [5, 5.41) is 11.5. The minimum absolute atomic E-state index is 0.0511. The molecule has 1 amide bonds. The van der Waals surface area contributed by atoms with Crippen LogP contribution >= 0.6 is 0 Å². The third-order valence-electron chi connectivity index (χ3n) is 5.97. The molecule has 7 nitrogen and oxygen atoms in total. The molecule has 158 valence electrons. The third kappa shape index (κ3) is 3.83. The van der Waals surface area contributed by atoms with Crippen molar-refractivity contribution in [2.75, 3.05) is 6.54 Å². The van der Waals surface area contributed by atoms with Gasteiger partial charge in [0.1, 0.15) is 5.52 Å². The number of nitrogens with one attached hydrogen (secondary N) is 1. The van der Waals surface area contributed by atoms with Crippen LogP contribution in [-0.4, -0.2) is 32.4 Å². The highest BCUT2D eigenvalue weighted by atomic mass is 16.3. The van der Waals surface area contributed by atoms with Crippen LogP contribution in [0.1, 0.15) is 38.6 Å². The quantitative estimate of drug-likeness (QED) is 0.497. The van der Waals surface area contributed by atoms with Crippen molar-refractivity contribution in [3.8, 4) is 22.7 Å². The summed E-state index contributed by atoms with van der Waals surface area (Å²) in [6.45, 7) is 2.80. The van der Waals surface area contributed by atoms with Gasteiger partial charge in [-0.3, -0.25) is 4.79 Å². The lowest BCUT2D eigenvalue weighted by atomic mass is 10.1. The number of amides is 1. The first kappa shape index (κ1) is 19.5. The zero-order chi connectivity index (χ0) is 21.2. The van der Waals surface area contributed by atoms with Gasteiger partial charge in [-0.25, -0.2) is 9.67 Å². The molecule has 7 heteroatoms. The maximum absolute atomic E-state index is 12.3. The minimum atomic E-state index is 0.0511. The largest absolute Gasteiger partial charge is 0.436 e. The Morgan fingerprint density at radius 1 is 1.13 bits per heavy atom. The standard InChI is InChI=1S/C24H25N5O2/c1-2-13-25-23(30)18-11-12-19(14-18)29-21(15-26-28-29)16-7-9-17(10-8-16)24-27-20-5-3-4-6-22(20)31-24/h3-10,15,18-19H,2,11-14H2,1H3,(H,25,30)/t18-,19+/m0/s1. The fourth-order valence-electron chi connectivity index (χ4n) is 4.31. The Bertz CT molecular complexity index is 1160. The number of benzene rings is 2. The molecule has 2 aromatic carbocycles. The first-order chi connectivity index (χ1) is 15.2. The van der Waals surface area contributed by atoms with Gasteiger partial charge in [-0.15, -0.1) is 5.10 Å². The molecule has 0 unspecified atom stereocenters. The molecular weight excluding hydrogens is 390 g/mol. The number of hydrogen-bond donors (Lipinski definition) is 1. The van der Waals surface area contributed by atoms with Gasteiger partial charge in [-0.05, 0) is 49.9 Å². The van der Waals surface area contributed by atoms with E-state index in [0.717, 1.165) is 60.1 Å². The van der Waals surface area contributed by atoms with Crippen molar-refractivity contribution in [1.29, 1.82) is 0 Å². The third-order valence-corrected chi connectivity index (χ3v) is 5.97. The Labute approximate surface area is 180 Å². The maximum atomic E-state index is 12.3. The van der Waals surface area contributed by atoms with Gasteiger partial charge in [0.05, 0.1) is 17.9 Å². The number of rotatable bonds is 6. The number of nitrogens with zero attached hydrogens (tertiary/aromatic N) is 4. The van der Waals surface area contributed by atoms with Gasteiger partial charge in [-0.1, -0.05) is 36.4 Å². The second-order valence-electron chi connectivity index (χ2n) is 8.08. The Kier molecular flexibility index (Phi) is 5.24. The Morgan fingerprint density at radius 2 is 1.94 bits per heavy atom. The first-order valence-corrected chi connectivity index (χ1v) is 10.9. The number of oxazole rings is 1. The zero-order valence-corrected chi connectivity index (χ0v) is 17.5. The van der Waals surface area contributed by atoms with Gasteiger partial charge in [0, 0.05) is 23.6 Å². The van der Waals surface area contributed by atoms with Gasteiger partial charge in [-0.2, -0.15) is 0 Å². The van der Waals surface area contributed by atoms with Gasteiger partial charge >= 0.3 is 0 Å². The molecule has 5 rings (SSSR count). The molecule has 2 heterocycles. The molecule has 31 heavy (non-hydrogen) atoms. The predicted molar refractivity (Wildman–Crippen MR) is 118 cm³/mol. The number of fused-ring (bicyclic) bond motifs is 1. The van der Waals surface area contributed by atoms with Crippen LogP contribution in [0, 0.1) is 5.92 Å². The average Bonchev–Trinajstić information content (AvgIpc) is 3.56. The summed E-state index contributed by atoms with van der Waals surface area (Å²) >= 11 is 0. The lowest BCUT2D eigenvalue weighted by molar-refractivity contribution is -0.124. The van der Waals surface area contributed by atoms with E-state index in [1.807, 2.05) is 53.2 Å². The highest BCUT2D eigenvalue weighted by Gasteiger charge is 2.32. The Hall–Kier alpha value is -3.48. The van der Waals surface area contributed by atoms with Crippen molar-refractivity contribution in [2.45, 2.75) is 38.6 Å². The summed E-state index contributed by atoms with van der Waals surface area (Å²) in [6, 6.07) is 16.0. The Morgan fingerprint density at radius 3 is 2.74 bits per heavy atom. The summed E-state index contributed by atoms with van der Waals surface area (Å²) in [5.41, 5.74) is 4.55. The molecular formula is C24H25N5O2. The van der Waals surface area contributed by atoms with E-state index in [0.29, 0.717) is 5.89 Å². The monoisotopic (exact) mass is 415 g/mol. The molecule has 1 aliphatic carbocycles. The molecule has 1 aliphatic rings. The van der Waals surface area contributed by atoms with Crippen LogP contribution in [-0.2, 0) is 4.79 Å². The SMILES string of the molecule is CCCNC(=O)[C@H]1CC[C@@H](n2nncc2-c2ccc(-c3nc4ccccc4o3)cc2)C1. The molecule has 1 N–H and O–H groups in total. The van der Waals surface area contributed by atoms with Gasteiger partial charge < -0.3 is 9.73 Å². The molecule has 1 saturated carbocycles. The Balaban J connectivity index is 1.34. The highest BCUT2D eigenvalue weighted by Crippen LogP contribution is 2.37. The van der Waals surface area contributed by atoms with Crippen molar-refractivity contribution in [3.63, 3.8) is 0 Å². The normalized spacial score (nSPS) is 18.5. The molecule has 0 bridgehead atoms. The lowest BCUT2D eigenvalue weighted by Gasteiger charge is -2.14. The van der Waals surface area contributed by atoms with Gasteiger partial charge in [0.2, 0.25) is 11.8 Å². The minimum Gasteiger partial charge on any atom is -0.436 e. The molecule has 0 aliphatic heterocycles. The summed E-state index contributed by atoms with van der Waals surface area (Å²) in [7, 11) is 0. The smallest absolute Gasteiger partial charge is 0.227 e. The summed E-state index contributed by atoms with van der Waals surface area (Å²) in [5.74, 6) is 0.819. The van der Waals surface area contributed by atoms with E-state index in [-0.39, 0.29) is 17.9 Å². The molecule has 1 fully saturated rings. The van der Waals surface area contributed by atoms with E-state index in [1.54, 1.807) is 6.20 Å². The van der Waals surface area contributed by atoms with Gasteiger partial charge in [0.15, 0.2) is 5.58 Å². The molecule has 0 radical (unpaired) electrons.